The summed E-state index contributed by atoms with van der Waals surface area (Å²) >= 11 is 0. The minimum Gasteiger partial charge on any atom is -0.355 e. The van der Waals surface area contributed by atoms with Crippen molar-refractivity contribution in [3.05, 3.63) is 285 Å². The van der Waals surface area contributed by atoms with Gasteiger partial charge in [0, 0.05) is 206 Å². The number of nitrogens with zero attached hydrogens (tertiary/aromatic N) is 8. The number of fused-ring (bicyclic) bond motifs is 32. The molecule has 20 heterocycles. The van der Waals surface area contributed by atoms with E-state index in [1.54, 1.807) is 0 Å². The first-order valence-corrected chi connectivity index (χ1v) is 31.4. The first-order chi connectivity index (χ1) is 47.2. The summed E-state index contributed by atoms with van der Waals surface area (Å²) in [6.45, 7) is 0. The second kappa shape index (κ2) is 30.9. The van der Waals surface area contributed by atoms with Crippen molar-refractivity contribution in [3.8, 4) is 0 Å². The fourth-order valence-corrected chi connectivity index (χ4v) is 11.8. The van der Waals surface area contributed by atoms with Crippen molar-refractivity contribution in [2.75, 3.05) is 0 Å². The van der Waals surface area contributed by atoms with E-state index in [4.69, 9.17) is 0 Å². The van der Waals surface area contributed by atoms with Gasteiger partial charge in [-0.15, -0.1) is 0 Å². The third kappa shape index (κ3) is 17.2. The molecule has 12 aromatic heterocycles. The van der Waals surface area contributed by atoms with Crippen LogP contribution in [-0.4, -0.2) is 198 Å². The van der Waals surface area contributed by atoms with E-state index in [0.29, 0.717) is 0 Å². The maximum absolute atomic E-state index is 4.62. The first-order valence-electron chi connectivity index (χ1n) is 31.4. The standard InChI is InChI=1S/4C20H14N4.4Na/c4*1-2-14-10-16-5-6-18(23-16)12-20-8-7-19(24-20)11-17-4-3-15(22-17)9-13(1)21-14;;;;/h4*1-12,21-22H;;;;. The number of hydrogen-bond donors (Lipinski definition) is 8. The molecule has 0 saturated heterocycles. The van der Waals surface area contributed by atoms with Gasteiger partial charge in [0.1, 0.15) is 0 Å². The Bertz CT molecular complexity index is 5050. The van der Waals surface area contributed by atoms with E-state index in [-0.39, 0.29) is 118 Å². The topological polar surface area (TPSA) is 229 Å². The van der Waals surface area contributed by atoms with E-state index in [9.17, 15) is 0 Å². The summed E-state index contributed by atoms with van der Waals surface area (Å²) in [6.07, 6.45) is 32.2. The van der Waals surface area contributed by atoms with Gasteiger partial charge in [-0.25, -0.2) is 39.9 Å². The Morgan fingerprint density at radius 2 is 0.210 bits per heavy atom. The average Bonchev–Trinajstić information content (AvgIpc) is 1.71. The molecule has 20 rings (SSSR count). The molecule has 4 radical (unpaired) electrons. The van der Waals surface area contributed by atoms with Crippen LogP contribution in [0, 0.1) is 0 Å². The van der Waals surface area contributed by atoms with Crippen LogP contribution in [0.5, 0.6) is 0 Å². The number of nitrogens with one attached hydrogen (secondary N) is 8. The van der Waals surface area contributed by atoms with Crippen molar-refractivity contribution in [3.63, 3.8) is 0 Å². The molecule has 8 aliphatic rings. The molecule has 0 aromatic carbocycles. The van der Waals surface area contributed by atoms with Crippen molar-refractivity contribution in [1.82, 2.24) is 79.7 Å². The number of H-pyrrole nitrogens is 8. The van der Waals surface area contributed by atoms with Gasteiger partial charge in [-0.2, -0.15) is 0 Å². The predicted molar refractivity (Wildman–Crippen MR) is 418 cm³/mol. The van der Waals surface area contributed by atoms with Crippen LogP contribution in [0.25, 0.3) is 185 Å². The molecule has 8 aliphatic heterocycles. The second-order valence-corrected chi connectivity index (χ2v) is 23.6. The van der Waals surface area contributed by atoms with E-state index in [1.807, 2.05) is 170 Å². The van der Waals surface area contributed by atoms with Crippen LogP contribution in [-0.2, 0) is 0 Å². The van der Waals surface area contributed by atoms with Gasteiger partial charge in [-0.3, -0.25) is 0 Å². The summed E-state index contributed by atoms with van der Waals surface area (Å²) in [7, 11) is 0. The first kappa shape index (κ1) is 68.9. The van der Waals surface area contributed by atoms with Gasteiger partial charge in [-0.05, 0) is 291 Å². The van der Waals surface area contributed by atoms with Crippen molar-refractivity contribution in [2.24, 2.45) is 0 Å². The van der Waals surface area contributed by atoms with Gasteiger partial charge in [-0.1, -0.05) is 0 Å². The molecule has 0 aliphatic carbocycles. The number of aromatic nitrogens is 16. The summed E-state index contributed by atoms with van der Waals surface area (Å²) in [6, 6.07) is 65.6. The maximum Gasteiger partial charge on any atom is 0.0659 e. The Balaban J connectivity index is 0.000000118. The smallest absolute Gasteiger partial charge is 0.0659 e. The molecule has 0 atom stereocenters. The Hall–Kier alpha value is -9.60. The van der Waals surface area contributed by atoms with Gasteiger partial charge in [0.05, 0.1) is 91.1 Å². The predicted octanol–water partition coefficient (Wildman–Crippen LogP) is 17.1. The molecule has 0 amide bonds. The van der Waals surface area contributed by atoms with Gasteiger partial charge in [0.25, 0.3) is 0 Å². The van der Waals surface area contributed by atoms with E-state index in [2.05, 4.69) is 201 Å². The summed E-state index contributed by atoms with van der Waals surface area (Å²) in [5.74, 6) is 0. The minimum atomic E-state index is 0. The van der Waals surface area contributed by atoms with Crippen molar-refractivity contribution in [1.29, 1.82) is 0 Å². The molecule has 460 valence electrons. The van der Waals surface area contributed by atoms with Crippen molar-refractivity contribution >= 4 is 304 Å². The normalized spacial score (nSPS) is 12.2. The van der Waals surface area contributed by atoms with Gasteiger partial charge in [0.2, 0.25) is 0 Å². The molecule has 20 heteroatoms. The van der Waals surface area contributed by atoms with E-state index >= 15 is 0 Å². The fourth-order valence-electron chi connectivity index (χ4n) is 11.8. The molecule has 16 nitrogen and oxygen atoms in total. The van der Waals surface area contributed by atoms with Crippen molar-refractivity contribution < 1.29 is 0 Å². The number of hydrogen-bond acceptors (Lipinski definition) is 8. The third-order valence-electron chi connectivity index (χ3n) is 16.2. The Morgan fingerprint density at radius 3 is 0.320 bits per heavy atom. The second-order valence-electron chi connectivity index (χ2n) is 23.6. The summed E-state index contributed by atoms with van der Waals surface area (Å²) in [5.41, 5.74) is 31.4. The molecule has 32 bridgehead atoms. The maximum atomic E-state index is 4.62. The molecule has 12 aromatic rings. The van der Waals surface area contributed by atoms with Crippen molar-refractivity contribution in [2.45, 2.75) is 0 Å². The minimum absolute atomic E-state index is 0. The summed E-state index contributed by atoms with van der Waals surface area (Å²) in [4.78, 5) is 64.1. The Morgan fingerprint density at radius 1 is 0.120 bits per heavy atom. The van der Waals surface area contributed by atoms with Crippen LogP contribution in [0.4, 0.5) is 0 Å². The zero-order valence-electron chi connectivity index (χ0n) is 55.3. The quantitative estimate of drug-likeness (QED) is 0.0679. The van der Waals surface area contributed by atoms with Gasteiger partial charge >= 0.3 is 0 Å². The van der Waals surface area contributed by atoms with Crippen LogP contribution in [0.2, 0.25) is 0 Å². The fraction of sp³-hybridized carbons (Fsp3) is 0. The zero-order chi connectivity index (χ0) is 63.7. The van der Waals surface area contributed by atoms with Crippen LogP contribution in [0.15, 0.2) is 194 Å². The SMILES string of the molecule is C1=Cc2cc3ccc(cc4ccc(cc5nc(cc1n2)C=C5)[nH]4)[nH]3.C1=Cc2cc3ccc(cc4ccc(cc5nc(cc1n2)C=C5)[nH]4)[nH]3.C1=Cc2cc3ccc(cc4ccc(cc5nc(cc1n2)C=C5)[nH]4)[nH]3.C1=Cc2cc3ccc(cc4ccc(cc5nc(cc1n2)C=C5)[nH]4)[nH]3.[Na].[Na].[Na].[Na]. The molecule has 8 N–H and O–H groups in total. The molecule has 100 heavy (non-hydrogen) atoms. The summed E-state index contributed by atoms with van der Waals surface area (Å²) in [5, 5.41) is 0. The number of rotatable bonds is 0. The van der Waals surface area contributed by atoms with Gasteiger partial charge in [0.15, 0.2) is 0 Å². The molecule has 0 saturated carbocycles. The molecular weight excluding hydrogens is 1280 g/mol. The van der Waals surface area contributed by atoms with E-state index < -0.39 is 0 Å². The van der Waals surface area contributed by atoms with Crippen LogP contribution < -0.4 is 0 Å². The van der Waals surface area contributed by atoms with Crippen LogP contribution >= 0.6 is 0 Å². The van der Waals surface area contributed by atoms with Crippen LogP contribution in [0.3, 0.4) is 0 Å². The monoisotopic (exact) mass is 1330 g/mol. The molecule has 0 unspecified atom stereocenters. The Labute approximate surface area is 661 Å². The third-order valence-corrected chi connectivity index (χ3v) is 16.2. The zero-order valence-corrected chi connectivity index (χ0v) is 63.3. The Kier molecular flexibility index (Phi) is 21.3. The average molecular weight is 1330 g/mol. The molecular formula is C80H56N16Na4. The molecule has 0 fully saturated rings. The van der Waals surface area contributed by atoms with Gasteiger partial charge < -0.3 is 39.9 Å². The number of aromatic amines is 8. The largest absolute Gasteiger partial charge is 0.355 e. The molecule has 0 spiro atoms. The van der Waals surface area contributed by atoms with E-state index in [1.165, 1.54) is 0 Å². The summed E-state index contributed by atoms with van der Waals surface area (Å²) < 4.78 is 0. The van der Waals surface area contributed by atoms with Crippen LogP contribution in [0.1, 0.15) is 91.1 Å². The van der Waals surface area contributed by atoms with E-state index in [0.717, 1.165) is 179 Å².